The van der Waals surface area contributed by atoms with Crippen molar-refractivity contribution in [2.75, 3.05) is 6.61 Å². The van der Waals surface area contributed by atoms with E-state index >= 15 is 0 Å². The highest BCUT2D eigenvalue weighted by Gasteiger charge is 2.02. The van der Waals surface area contributed by atoms with E-state index in [1.165, 1.54) is 24.3 Å². The van der Waals surface area contributed by atoms with Gasteiger partial charge in [-0.3, -0.25) is 4.79 Å². The molecule has 0 unspecified atom stereocenters. The average molecular weight is 220 g/mol. The van der Waals surface area contributed by atoms with Crippen LogP contribution in [0.2, 0.25) is 0 Å². The molecule has 4 nitrogen and oxygen atoms in total. The van der Waals surface area contributed by atoms with E-state index in [0.29, 0.717) is 5.56 Å². The van der Waals surface area contributed by atoms with Gasteiger partial charge in [-0.15, -0.1) is 0 Å². The molecule has 0 heterocycles. The Kier molecular flexibility index (Phi) is 4.27. The van der Waals surface area contributed by atoms with E-state index in [4.69, 9.17) is 5.11 Å². The van der Waals surface area contributed by atoms with E-state index in [2.05, 4.69) is 4.74 Å². The second-order valence-electron chi connectivity index (χ2n) is 3.00. The molecule has 16 heavy (non-hydrogen) atoms. The number of phenolic OH excluding ortho intramolecular Hbond substituents is 1. The molecule has 0 radical (unpaired) electrons. The third kappa shape index (κ3) is 3.57. The van der Waals surface area contributed by atoms with Gasteiger partial charge >= 0.3 is 5.97 Å². The molecule has 0 fully saturated rings. The van der Waals surface area contributed by atoms with Crippen molar-refractivity contribution in [2.24, 2.45) is 0 Å². The molecular formula is C12H12O4. The smallest absolute Gasteiger partial charge is 0.330 e. The molecule has 0 amide bonds. The van der Waals surface area contributed by atoms with Crippen LogP contribution in [0.25, 0.3) is 0 Å². The molecule has 0 aliphatic carbocycles. The molecule has 1 aromatic carbocycles. The summed E-state index contributed by atoms with van der Waals surface area (Å²) in [6.45, 7) is 1.96. The number of ketones is 1. The largest absolute Gasteiger partial charge is 0.508 e. The molecule has 0 bridgehead atoms. The summed E-state index contributed by atoms with van der Waals surface area (Å²) in [6.07, 6.45) is 2.23. The van der Waals surface area contributed by atoms with Crippen LogP contribution < -0.4 is 0 Å². The number of esters is 1. The highest BCUT2D eigenvalue weighted by atomic mass is 16.5. The second-order valence-corrected chi connectivity index (χ2v) is 3.00. The summed E-state index contributed by atoms with van der Waals surface area (Å²) < 4.78 is 4.63. The standard InChI is InChI=1S/C12H12O4/c1-2-16-12(15)8-7-11(14)9-3-5-10(13)6-4-9/h3-8,13H,2H2,1H3. The minimum absolute atomic E-state index is 0.0888. The maximum Gasteiger partial charge on any atom is 0.330 e. The molecule has 0 spiro atoms. The van der Waals surface area contributed by atoms with Crippen LogP contribution in [-0.2, 0) is 9.53 Å². The van der Waals surface area contributed by atoms with Gasteiger partial charge in [-0.25, -0.2) is 4.79 Å². The number of phenols is 1. The lowest BCUT2D eigenvalue weighted by Gasteiger charge is -1.96. The summed E-state index contributed by atoms with van der Waals surface area (Å²) in [7, 11) is 0. The summed E-state index contributed by atoms with van der Waals surface area (Å²) in [5, 5.41) is 9.02. The quantitative estimate of drug-likeness (QED) is 0.476. The molecule has 0 aliphatic rings. The van der Waals surface area contributed by atoms with Crippen LogP contribution in [0.1, 0.15) is 17.3 Å². The minimum Gasteiger partial charge on any atom is -0.508 e. The molecule has 1 N–H and O–H groups in total. The van der Waals surface area contributed by atoms with Gasteiger partial charge in [0.2, 0.25) is 0 Å². The first kappa shape index (κ1) is 12.0. The predicted molar refractivity (Wildman–Crippen MR) is 58.2 cm³/mol. The molecule has 4 heteroatoms. The van der Waals surface area contributed by atoms with Gasteiger partial charge in [-0.05, 0) is 37.3 Å². The van der Waals surface area contributed by atoms with Crippen LogP contribution in [-0.4, -0.2) is 23.5 Å². The minimum atomic E-state index is -0.547. The van der Waals surface area contributed by atoms with Gasteiger partial charge in [-0.2, -0.15) is 0 Å². The molecular weight excluding hydrogens is 208 g/mol. The Hall–Kier alpha value is -2.10. The number of benzene rings is 1. The summed E-state index contributed by atoms with van der Waals surface area (Å²) >= 11 is 0. The van der Waals surface area contributed by atoms with Crippen LogP contribution in [0.4, 0.5) is 0 Å². The van der Waals surface area contributed by atoms with Crippen molar-refractivity contribution in [3.63, 3.8) is 0 Å². The maximum absolute atomic E-state index is 11.5. The van der Waals surface area contributed by atoms with Crippen molar-refractivity contribution in [2.45, 2.75) is 6.92 Å². The SMILES string of the molecule is CCOC(=O)C=CC(=O)c1ccc(O)cc1. The topological polar surface area (TPSA) is 63.6 Å². The summed E-state index contributed by atoms with van der Waals surface area (Å²) in [5.41, 5.74) is 0.401. The molecule has 0 aromatic heterocycles. The van der Waals surface area contributed by atoms with Gasteiger partial charge in [0.25, 0.3) is 0 Å². The second kappa shape index (κ2) is 5.70. The van der Waals surface area contributed by atoms with Crippen molar-refractivity contribution in [1.29, 1.82) is 0 Å². The zero-order valence-electron chi connectivity index (χ0n) is 8.84. The van der Waals surface area contributed by atoms with E-state index in [9.17, 15) is 9.59 Å². The molecule has 0 saturated carbocycles. The van der Waals surface area contributed by atoms with E-state index in [1.807, 2.05) is 0 Å². The Morgan fingerprint density at radius 1 is 1.25 bits per heavy atom. The highest BCUT2D eigenvalue weighted by molar-refractivity contribution is 6.07. The third-order valence-corrected chi connectivity index (χ3v) is 1.81. The van der Waals surface area contributed by atoms with Gasteiger partial charge in [0.1, 0.15) is 5.75 Å². The van der Waals surface area contributed by atoms with Crippen LogP contribution >= 0.6 is 0 Å². The van der Waals surface area contributed by atoms with Crippen molar-refractivity contribution < 1.29 is 19.4 Å². The zero-order chi connectivity index (χ0) is 12.0. The Labute approximate surface area is 93.2 Å². The molecule has 1 aromatic rings. The van der Waals surface area contributed by atoms with E-state index in [-0.39, 0.29) is 18.1 Å². The van der Waals surface area contributed by atoms with Gasteiger partial charge in [0.15, 0.2) is 5.78 Å². The van der Waals surface area contributed by atoms with E-state index in [0.717, 1.165) is 12.2 Å². The Morgan fingerprint density at radius 2 is 1.88 bits per heavy atom. The van der Waals surface area contributed by atoms with Crippen LogP contribution in [0.15, 0.2) is 36.4 Å². The van der Waals surface area contributed by atoms with E-state index in [1.54, 1.807) is 6.92 Å². The normalized spacial score (nSPS) is 10.3. The first-order valence-corrected chi connectivity index (χ1v) is 4.81. The molecule has 84 valence electrons. The van der Waals surface area contributed by atoms with Crippen molar-refractivity contribution in [3.8, 4) is 5.75 Å². The first-order valence-electron chi connectivity index (χ1n) is 4.81. The summed E-state index contributed by atoms with van der Waals surface area (Å²) in [4.78, 5) is 22.4. The van der Waals surface area contributed by atoms with Gasteiger partial charge in [-0.1, -0.05) is 0 Å². The Morgan fingerprint density at radius 3 is 2.44 bits per heavy atom. The maximum atomic E-state index is 11.5. The van der Waals surface area contributed by atoms with Crippen LogP contribution in [0.5, 0.6) is 5.75 Å². The number of hydrogen-bond donors (Lipinski definition) is 1. The number of ether oxygens (including phenoxy) is 1. The number of rotatable bonds is 4. The first-order chi connectivity index (χ1) is 7.63. The Bertz CT molecular complexity index is 404. The fraction of sp³-hybridized carbons (Fsp3) is 0.167. The third-order valence-electron chi connectivity index (χ3n) is 1.81. The van der Waals surface area contributed by atoms with Crippen LogP contribution in [0, 0.1) is 0 Å². The lowest BCUT2D eigenvalue weighted by Crippen LogP contribution is -2.01. The van der Waals surface area contributed by atoms with Gasteiger partial charge < -0.3 is 9.84 Å². The highest BCUT2D eigenvalue weighted by Crippen LogP contribution is 2.10. The van der Waals surface area contributed by atoms with Crippen molar-refractivity contribution >= 4 is 11.8 Å². The number of hydrogen-bond acceptors (Lipinski definition) is 4. The number of allylic oxidation sites excluding steroid dienone is 1. The van der Waals surface area contributed by atoms with E-state index < -0.39 is 5.97 Å². The van der Waals surface area contributed by atoms with Gasteiger partial charge in [0, 0.05) is 11.6 Å². The lowest BCUT2D eigenvalue weighted by molar-refractivity contribution is -0.137. The number of aromatic hydroxyl groups is 1. The fourth-order valence-electron chi connectivity index (χ4n) is 1.06. The number of carbonyl (C=O) groups excluding carboxylic acids is 2. The molecule has 0 aliphatic heterocycles. The predicted octanol–water partition coefficient (Wildman–Crippen LogP) is 1.69. The average Bonchev–Trinajstić information content (AvgIpc) is 2.27. The van der Waals surface area contributed by atoms with Crippen LogP contribution in [0.3, 0.4) is 0 Å². The molecule has 0 atom stereocenters. The van der Waals surface area contributed by atoms with Crippen molar-refractivity contribution in [1.82, 2.24) is 0 Å². The lowest BCUT2D eigenvalue weighted by atomic mass is 10.1. The summed E-state index contributed by atoms with van der Waals surface area (Å²) in [6, 6.07) is 5.77. The fourth-order valence-corrected chi connectivity index (χ4v) is 1.06. The monoisotopic (exact) mass is 220 g/mol. The molecule has 1 rings (SSSR count). The Balaban J connectivity index is 2.65. The zero-order valence-corrected chi connectivity index (χ0v) is 8.84. The van der Waals surface area contributed by atoms with Crippen molar-refractivity contribution in [3.05, 3.63) is 42.0 Å². The molecule has 0 saturated heterocycles. The van der Waals surface area contributed by atoms with Gasteiger partial charge in [0.05, 0.1) is 6.61 Å². The summed E-state index contributed by atoms with van der Waals surface area (Å²) in [5.74, 6) is -0.770. The number of carbonyl (C=O) groups is 2.